The van der Waals surface area contributed by atoms with Gasteiger partial charge in [0.1, 0.15) is 13.2 Å². The van der Waals surface area contributed by atoms with E-state index in [1.54, 1.807) is 0 Å². The van der Waals surface area contributed by atoms with Crippen LogP contribution in [0.15, 0.2) is 0 Å². The van der Waals surface area contributed by atoms with Gasteiger partial charge in [-0.3, -0.25) is 13.3 Å². The zero-order chi connectivity index (χ0) is 25.0. The van der Waals surface area contributed by atoms with Gasteiger partial charge in [-0.2, -0.15) is 0 Å². The van der Waals surface area contributed by atoms with E-state index in [0.717, 1.165) is 12.8 Å². The van der Waals surface area contributed by atoms with Gasteiger partial charge in [0.2, 0.25) is 0 Å². The Hall–Kier alpha value is 0.220. The Morgan fingerprint density at radius 1 is 0.818 bits per heavy atom. The Bertz CT molecular complexity index is 527. The third-order valence-electron chi connectivity index (χ3n) is 5.73. The monoisotopic (exact) mass is 512 g/mol. The number of phosphoric acid groups is 1. The first kappa shape index (κ1) is 33.2. The number of rotatable bonds is 24. The minimum Gasteiger partial charge on any atom is -0.329 e. The van der Waals surface area contributed by atoms with E-state index < -0.39 is 18.6 Å². The van der Waals surface area contributed by atoms with Crippen LogP contribution in [0.25, 0.3) is 0 Å². The molecule has 0 saturated heterocycles. The van der Waals surface area contributed by atoms with E-state index in [2.05, 4.69) is 6.92 Å². The van der Waals surface area contributed by atoms with Gasteiger partial charge in [0.15, 0.2) is 0 Å². The fraction of sp³-hybridized carbons (Fsp3) is 1.00. The molecule has 0 aromatic rings. The van der Waals surface area contributed by atoms with Crippen LogP contribution in [-0.4, -0.2) is 66.0 Å². The molecular formula is C25H55NO5PS+. The summed E-state index contributed by atoms with van der Waals surface area (Å²) in [5.74, 6) is 1.16. The van der Waals surface area contributed by atoms with Crippen molar-refractivity contribution in [3.63, 3.8) is 0 Å². The van der Waals surface area contributed by atoms with Crippen LogP contribution in [0.2, 0.25) is 0 Å². The number of phosphoric ester groups is 1. The van der Waals surface area contributed by atoms with E-state index in [1.807, 2.05) is 28.1 Å². The summed E-state index contributed by atoms with van der Waals surface area (Å²) < 4.78 is 35.0. The van der Waals surface area contributed by atoms with Crippen molar-refractivity contribution in [2.45, 2.75) is 104 Å². The highest BCUT2D eigenvalue weighted by Crippen LogP contribution is 2.43. The normalized spacial score (nSPS) is 15.9. The van der Waals surface area contributed by atoms with Crippen molar-refractivity contribution in [1.82, 2.24) is 0 Å². The molecule has 0 aliphatic heterocycles. The number of unbranched alkanes of at least 4 members (excludes halogenated alkanes) is 13. The molecule has 0 amide bonds. The molecule has 0 radical (unpaired) electrons. The van der Waals surface area contributed by atoms with Gasteiger partial charge in [-0.1, -0.05) is 97.3 Å². The maximum absolute atomic E-state index is 12.3. The summed E-state index contributed by atoms with van der Waals surface area (Å²) in [6.45, 7) is 5.03. The zero-order valence-corrected chi connectivity index (χ0v) is 24.1. The van der Waals surface area contributed by atoms with Crippen molar-refractivity contribution in [1.29, 1.82) is 0 Å². The maximum atomic E-state index is 12.3. The molecule has 0 saturated carbocycles. The predicted molar refractivity (Wildman–Crippen MR) is 142 cm³/mol. The van der Waals surface area contributed by atoms with Crippen molar-refractivity contribution in [2.75, 3.05) is 52.4 Å². The molecular weight excluding hydrogens is 457 g/mol. The highest BCUT2D eigenvalue weighted by atomic mass is 32.2. The lowest BCUT2D eigenvalue weighted by Gasteiger charge is -2.24. The number of likely N-dealkylation sites (N-methyl/N-ethyl adjacent to an activating group) is 1. The molecule has 200 valence electrons. The van der Waals surface area contributed by atoms with Crippen molar-refractivity contribution >= 4 is 18.6 Å². The van der Waals surface area contributed by atoms with Crippen LogP contribution in [0.5, 0.6) is 0 Å². The number of hydrogen-bond acceptors (Lipinski definition) is 4. The van der Waals surface area contributed by atoms with Gasteiger partial charge < -0.3 is 9.38 Å². The van der Waals surface area contributed by atoms with E-state index in [1.165, 1.54) is 77.0 Å². The summed E-state index contributed by atoms with van der Waals surface area (Å²) in [5, 5.41) is 0. The smallest absolute Gasteiger partial charge is 0.329 e. The van der Waals surface area contributed by atoms with Crippen LogP contribution < -0.4 is 0 Å². The summed E-state index contributed by atoms with van der Waals surface area (Å²) in [6, 6.07) is 0. The fourth-order valence-corrected chi connectivity index (χ4v) is 5.85. The highest BCUT2D eigenvalue weighted by molar-refractivity contribution is 7.84. The molecule has 6 nitrogen and oxygen atoms in total. The molecule has 3 unspecified atom stereocenters. The Balaban J connectivity index is 3.57. The lowest BCUT2D eigenvalue weighted by molar-refractivity contribution is -0.870. The van der Waals surface area contributed by atoms with Crippen molar-refractivity contribution < 1.29 is 27.2 Å². The van der Waals surface area contributed by atoms with Gasteiger partial charge in [0.05, 0.1) is 27.7 Å². The van der Waals surface area contributed by atoms with E-state index in [-0.39, 0.29) is 19.1 Å². The molecule has 0 bridgehead atoms. The molecule has 0 aliphatic rings. The van der Waals surface area contributed by atoms with Crippen LogP contribution in [0.1, 0.15) is 104 Å². The van der Waals surface area contributed by atoms with Gasteiger partial charge in [-0.25, -0.2) is 4.57 Å². The third kappa shape index (κ3) is 25.1. The quantitative estimate of drug-likeness (QED) is 0.0886. The maximum Gasteiger partial charge on any atom is 0.472 e. The Kier molecular flexibility index (Phi) is 20.6. The van der Waals surface area contributed by atoms with E-state index >= 15 is 0 Å². The average Bonchev–Trinajstić information content (AvgIpc) is 2.71. The second-order valence-electron chi connectivity index (χ2n) is 10.6. The standard InChI is InChI=1S/C25H54NO5PS/c1-6-7-8-9-10-11-12-13-14-15-16-17-18-19-22-33(29)24-25(2)23-31-32(27,28)30-21-20-26(3,4)5/h25H,6-24H2,1-5H3/p+1. The Morgan fingerprint density at radius 2 is 1.27 bits per heavy atom. The molecule has 0 aromatic heterocycles. The van der Waals surface area contributed by atoms with Crippen LogP contribution in [0, 0.1) is 5.92 Å². The van der Waals surface area contributed by atoms with Gasteiger partial charge >= 0.3 is 7.82 Å². The second kappa shape index (κ2) is 20.4. The van der Waals surface area contributed by atoms with Crippen LogP contribution >= 0.6 is 7.82 Å². The van der Waals surface area contributed by atoms with E-state index in [4.69, 9.17) is 9.05 Å². The average molecular weight is 513 g/mol. The summed E-state index contributed by atoms with van der Waals surface area (Å²) >= 11 is 0. The molecule has 33 heavy (non-hydrogen) atoms. The van der Waals surface area contributed by atoms with E-state index in [0.29, 0.717) is 22.5 Å². The number of nitrogens with zero attached hydrogens (tertiary/aromatic N) is 1. The first-order valence-electron chi connectivity index (χ1n) is 13.3. The van der Waals surface area contributed by atoms with Crippen LogP contribution in [0.3, 0.4) is 0 Å². The molecule has 0 aliphatic carbocycles. The second-order valence-corrected chi connectivity index (χ2v) is 13.7. The molecule has 0 aromatic carbocycles. The number of hydrogen-bond donors (Lipinski definition) is 1. The summed E-state index contributed by atoms with van der Waals surface area (Å²) in [5.41, 5.74) is 0. The highest BCUT2D eigenvalue weighted by Gasteiger charge is 2.24. The molecule has 0 spiro atoms. The van der Waals surface area contributed by atoms with Crippen molar-refractivity contribution in [3.8, 4) is 0 Å². The molecule has 0 heterocycles. The van der Waals surface area contributed by atoms with Crippen LogP contribution in [-0.2, 0) is 24.4 Å². The molecule has 8 heteroatoms. The van der Waals surface area contributed by atoms with E-state index in [9.17, 15) is 13.7 Å². The SMILES string of the molecule is CCCCCCCCCCCCCCCCS(=O)CC(C)COP(=O)(O)OCC[N+](C)(C)C. The summed E-state index contributed by atoms with van der Waals surface area (Å²) in [6.07, 6.45) is 18.4. The van der Waals surface area contributed by atoms with Crippen LogP contribution in [0.4, 0.5) is 0 Å². The lowest BCUT2D eigenvalue weighted by Crippen LogP contribution is -2.37. The Morgan fingerprint density at radius 3 is 1.73 bits per heavy atom. The van der Waals surface area contributed by atoms with Crippen molar-refractivity contribution in [2.24, 2.45) is 5.92 Å². The summed E-state index contributed by atoms with van der Waals surface area (Å²) in [4.78, 5) is 9.77. The van der Waals surface area contributed by atoms with Crippen molar-refractivity contribution in [3.05, 3.63) is 0 Å². The van der Waals surface area contributed by atoms with Gasteiger partial charge in [0, 0.05) is 22.3 Å². The predicted octanol–water partition coefficient (Wildman–Crippen LogP) is 6.69. The minimum absolute atomic E-state index is 0.0417. The molecule has 1 N–H and O–H groups in total. The lowest BCUT2D eigenvalue weighted by atomic mass is 10.0. The van der Waals surface area contributed by atoms with Gasteiger partial charge in [-0.15, -0.1) is 0 Å². The largest absolute Gasteiger partial charge is 0.472 e. The third-order valence-corrected chi connectivity index (χ3v) is 8.40. The zero-order valence-electron chi connectivity index (χ0n) is 22.4. The number of quaternary nitrogens is 1. The summed E-state index contributed by atoms with van der Waals surface area (Å²) in [7, 11) is 1.02. The fourth-order valence-electron chi connectivity index (χ4n) is 3.60. The Labute approximate surface area is 207 Å². The van der Waals surface area contributed by atoms with Gasteiger partial charge in [-0.05, 0) is 12.3 Å². The van der Waals surface area contributed by atoms with Gasteiger partial charge in [0.25, 0.3) is 0 Å². The molecule has 3 atom stereocenters. The minimum atomic E-state index is -4.04. The molecule has 0 rings (SSSR count). The first-order chi connectivity index (χ1) is 15.6. The molecule has 0 fully saturated rings. The topological polar surface area (TPSA) is 72.8 Å². The first-order valence-corrected chi connectivity index (χ1v) is 16.3.